The average molecular weight is 370 g/mol. The summed E-state index contributed by atoms with van der Waals surface area (Å²) in [5.74, 6) is 0.861. The van der Waals surface area contributed by atoms with E-state index in [0.717, 1.165) is 0 Å². The summed E-state index contributed by atoms with van der Waals surface area (Å²) >= 11 is 5.23. The van der Waals surface area contributed by atoms with Gasteiger partial charge in [0, 0.05) is 11.8 Å². The van der Waals surface area contributed by atoms with Gasteiger partial charge >= 0.3 is 0 Å². The number of hydrogen-bond acceptors (Lipinski definition) is 4. The molecule has 0 heterocycles. The number of anilines is 1. The Hall–Kier alpha value is -2.86. The number of para-hydroxylation sites is 1. The second kappa shape index (κ2) is 9.58. The molecule has 2 rings (SSSR count). The summed E-state index contributed by atoms with van der Waals surface area (Å²) in [6.07, 6.45) is 1.63. The maximum Gasteiger partial charge on any atom is 0.261 e. The Bertz CT molecular complexity index is 790. The van der Waals surface area contributed by atoms with Crippen molar-refractivity contribution in [3.05, 3.63) is 66.7 Å². The van der Waals surface area contributed by atoms with Crippen LogP contribution in [0.1, 0.15) is 24.2 Å². The lowest BCUT2D eigenvalue weighted by Gasteiger charge is -2.15. The fourth-order valence-electron chi connectivity index (χ4n) is 2.16. The molecule has 2 aromatic carbocycles. The summed E-state index contributed by atoms with van der Waals surface area (Å²) < 4.78 is 11.1. The fourth-order valence-corrected chi connectivity index (χ4v) is 2.37. The van der Waals surface area contributed by atoms with Gasteiger partial charge < -0.3 is 14.8 Å². The first-order valence-electron chi connectivity index (χ1n) is 8.21. The number of carbonyl (C=O) groups is 1. The highest BCUT2D eigenvalue weighted by Crippen LogP contribution is 2.20. The van der Waals surface area contributed by atoms with Crippen molar-refractivity contribution in [2.24, 2.45) is 0 Å². The molecule has 0 spiro atoms. The monoisotopic (exact) mass is 370 g/mol. The number of benzene rings is 2. The van der Waals surface area contributed by atoms with E-state index in [1.807, 2.05) is 38.1 Å². The zero-order chi connectivity index (χ0) is 18.9. The molecule has 0 aliphatic carbocycles. The van der Waals surface area contributed by atoms with Gasteiger partial charge in [-0.2, -0.15) is 0 Å². The molecule has 5 nitrogen and oxygen atoms in total. The summed E-state index contributed by atoms with van der Waals surface area (Å²) in [4.78, 5) is 12.5. The molecule has 1 amide bonds. The van der Waals surface area contributed by atoms with Crippen LogP contribution in [0.3, 0.4) is 0 Å². The third-order valence-corrected chi connectivity index (χ3v) is 3.39. The van der Waals surface area contributed by atoms with Gasteiger partial charge in [-0.3, -0.25) is 10.1 Å². The van der Waals surface area contributed by atoms with E-state index < -0.39 is 0 Å². The molecule has 26 heavy (non-hydrogen) atoms. The van der Waals surface area contributed by atoms with E-state index in [1.165, 1.54) is 0 Å². The Morgan fingerprint density at radius 1 is 1.23 bits per heavy atom. The zero-order valence-corrected chi connectivity index (χ0v) is 15.6. The highest BCUT2D eigenvalue weighted by atomic mass is 32.1. The maximum atomic E-state index is 12.5. The first-order chi connectivity index (χ1) is 12.5. The van der Waals surface area contributed by atoms with Crippen LogP contribution in [0.25, 0.3) is 0 Å². The molecule has 6 heteroatoms. The van der Waals surface area contributed by atoms with Crippen molar-refractivity contribution < 1.29 is 14.3 Å². The van der Waals surface area contributed by atoms with Crippen LogP contribution < -0.4 is 20.1 Å². The Kier molecular flexibility index (Phi) is 7.17. The quantitative estimate of drug-likeness (QED) is 0.566. The van der Waals surface area contributed by atoms with Crippen LogP contribution in [-0.4, -0.2) is 23.7 Å². The van der Waals surface area contributed by atoms with Crippen LogP contribution in [0, 0.1) is 0 Å². The van der Waals surface area contributed by atoms with Gasteiger partial charge in [0.15, 0.2) is 5.11 Å². The topological polar surface area (TPSA) is 59.6 Å². The van der Waals surface area contributed by atoms with Crippen molar-refractivity contribution in [3.63, 3.8) is 0 Å². The second-order valence-corrected chi connectivity index (χ2v) is 6.11. The third-order valence-electron chi connectivity index (χ3n) is 3.18. The molecule has 0 aromatic heterocycles. The van der Waals surface area contributed by atoms with E-state index in [4.69, 9.17) is 21.7 Å². The molecule has 0 aliphatic rings. The second-order valence-electron chi connectivity index (χ2n) is 5.70. The average Bonchev–Trinajstić information content (AvgIpc) is 2.60. The molecule has 2 N–H and O–H groups in total. The number of amides is 1. The molecule has 0 unspecified atom stereocenters. The zero-order valence-electron chi connectivity index (χ0n) is 14.8. The van der Waals surface area contributed by atoms with Crippen LogP contribution in [0.5, 0.6) is 11.5 Å². The van der Waals surface area contributed by atoms with E-state index >= 15 is 0 Å². The molecule has 0 bridgehead atoms. The first kappa shape index (κ1) is 19.5. The summed E-state index contributed by atoms with van der Waals surface area (Å²) in [6, 6.07) is 14.3. The summed E-state index contributed by atoms with van der Waals surface area (Å²) in [5.41, 5.74) is 1.14. The predicted octanol–water partition coefficient (Wildman–Crippen LogP) is 4.17. The van der Waals surface area contributed by atoms with Gasteiger partial charge in [0.05, 0.1) is 11.7 Å². The summed E-state index contributed by atoms with van der Waals surface area (Å²) in [6.45, 7) is 7.84. The predicted molar refractivity (Wildman–Crippen MR) is 108 cm³/mol. The van der Waals surface area contributed by atoms with Crippen molar-refractivity contribution in [1.29, 1.82) is 0 Å². The van der Waals surface area contributed by atoms with Crippen molar-refractivity contribution in [1.82, 2.24) is 5.32 Å². The molecular weight excluding hydrogens is 348 g/mol. The molecule has 0 atom stereocenters. The summed E-state index contributed by atoms with van der Waals surface area (Å²) in [7, 11) is 0. The molecule has 0 saturated heterocycles. The normalized spacial score (nSPS) is 10.1. The van der Waals surface area contributed by atoms with Crippen molar-refractivity contribution in [3.8, 4) is 11.5 Å². The summed E-state index contributed by atoms with van der Waals surface area (Å²) in [5, 5.41) is 5.83. The van der Waals surface area contributed by atoms with Gasteiger partial charge in [0.2, 0.25) is 0 Å². The van der Waals surface area contributed by atoms with Crippen LogP contribution >= 0.6 is 12.2 Å². The van der Waals surface area contributed by atoms with E-state index in [-0.39, 0.29) is 17.1 Å². The SMILES string of the molecule is C=CCOc1cccc(NC(=S)NC(=O)c2ccccc2OC(C)C)c1. The Morgan fingerprint density at radius 2 is 2.00 bits per heavy atom. The van der Waals surface area contributed by atoms with Gasteiger partial charge in [0.25, 0.3) is 5.91 Å². The first-order valence-corrected chi connectivity index (χ1v) is 8.62. The van der Waals surface area contributed by atoms with Crippen LogP contribution in [-0.2, 0) is 0 Å². The van der Waals surface area contributed by atoms with Gasteiger partial charge in [-0.25, -0.2) is 0 Å². The molecule has 2 aromatic rings. The smallest absolute Gasteiger partial charge is 0.261 e. The lowest BCUT2D eigenvalue weighted by atomic mass is 10.2. The maximum absolute atomic E-state index is 12.5. The molecule has 0 saturated carbocycles. The van der Waals surface area contributed by atoms with E-state index in [9.17, 15) is 4.79 Å². The number of rotatable bonds is 7. The number of ether oxygens (including phenoxy) is 2. The lowest BCUT2D eigenvalue weighted by molar-refractivity contribution is 0.0972. The number of carbonyl (C=O) groups excluding carboxylic acids is 1. The van der Waals surface area contributed by atoms with Crippen molar-refractivity contribution in [2.45, 2.75) is 20.0 Å². The number of hydrogen-bond donors (Lipinski definition) is 2. The third kappa shape index (κ3) is 5.89. The molecule has 0 fully saturated rings. The van der Waals surface area contributed by atoms with Crippen LogP contribution in [0.15, 0.2) is 61.2 Å². The van der Waals surface area contributed by atoms with E-state index in [2.05, 4.69) is 17.2 Å². The minimum absolute atomic E-state index is 0.0349. The number of nitrogens with one attached hydrogen (secondary N) is 2. The Morgan fingerprint density at radius 3 is 2.73 bits per heavy atom. The Labute approximate surface area is 159 Å². The lowest BCUT2D eigenvalue weighted by Crippen LogP contribution is -2.34. The fraction of sp³-hybridized carbons (Fsp3) is 0.200. The molecule has 0 radical (unpaired) electrons. The van der Waals surface area contributed by atoms with Gasteiger partial charge in [0.1, 0.15) is 18.1 Å². The van der Waals surface area contributed by atoms with Crippen LogP contribution in [0.2, 0.25) is 0 Å². The van der Waals surface area contributed by atoms with Gasteiger partial charge in [-0.1, -0.05) is 30.9 Å². The standard InChI is InChI=1S/C20H22N2O3S/c1-4-12-24-16-9-7-8-15(13-16)21-20(26)22-19(23)17-10-5-6-11-18(17)25-14(2)3/h4-11,13-14H,1,12H2,2-3H3,(H2,21,22,23,26). The Balaban J connectivity index is 2.02. The number of thiocarbonyl (C=S) groups is 1. The van der Waals surface area contributed by atoms with Crippen LogP contribution in [0.4, 0.5) is 5.69 Å². The van der Waals surface area contributed by atoms with Crippen molar-refractivity contribution in [2.75, 3.05) is 11.9 Å². The molecular formula is C20H22N2O3S. The van der Waals surface area contributed by atoms with Gasteiger partial charge in [-0.15, -0.1) is 0 Å². The highest BCUT2D eigenvalue weighted by Gasteiger charge is 2.14. The molecule has 136 valence electrons. The minimum atomic E-state index is -0.335. The van der Waals surface area contributed by atoms with Gasteiger partial charge in [-0.05, 0) is 50.3 Å². The van der Waals surface area contributed by atoms with E-state index in [1.54, 1.807) is 30.3 Å². The van der Waals surface area contributed by atoms with E-state index in [0.29, 0.717) is 29.4 Å². The largest absolute Gasteiger partial charge is 0.490 e. The molecule has 0 aliphatic heterocycles. The van der Waals surface area contributed by atoms with Crippen molar-refractivity contribution >= 4 is 28.9 Å². The highest BCUT2D eigenvalue weighted by molar-refractivity contribution is 7.80. The minimum Gasteiger partial charge on any atom is -0.490 e.